The van der Waals surface area contributed by atoms with Crippen LogP contribution < -0.4 is 5.32 Å². The van der Waals surface area contributed by atoms with Crippen LogP contribution in [0.4, 0.5) is 0 Å². The fraction of sp³-hybridized carbons (Fsp3) is 0.870. The van der Waals surface area contributed by atoms with Crippen molar-refractivity contribution in [2.45, 2.75) is 379 Å². The van der Waals surface area contributed by atoms with Gasteiger partial charge in [0.25, 0.3) is 0 Å². The van der Waals surface area contributed by atoms with Gasteiger partial charge in [-0.3, -0.25) is 4.79 Å². The Balaban J connectivity index is 3.38. The molecule has 1 amide bonds. The lowest BCUT2D eigenvalue weighted by Crippen LogP contribution is -2.45. The van der Waals surface area contributed by atoms with Crippen LogP contribution in [0.25, 0.3) is 0 Å². The number of aliphatic hydroxyl groups is 2. The quantitative estimate of drug-likeness (QED) is 0.0420. The molecular formula is C69H131NO3. The Labute approximate surface area is 458 Å². The molecule has 73 heavy (non-hydrogen) atoms. The molecule has 0 saturated heterocycles. The minimum Gasteiger partial charge on any atom is -0.394 e. The molecule has 0 bridgehead atoms. The third-order valence-corrected chi connectivity index (χ3v) is 15.6. The summed E-state index contributed by atoms with van der Waals surface area (Å²) >= 11 is 0. The predicted molar refractivity (Wildman–Crippen MR) is 327 cm³/mol. The van der Waals surface area contributed by atoms with Crippen LogP contribution in [-0.2, 0) is 4.79 Å². The van der Waals surface area contributed by atoms with E-state index in [2.05, 4.69) is 67.8 Å². The molecule has 0 heterocycles. The monoisotopic (exact) mass is 1020 g/mol. The van der Waals surface area contributed by atoms with Gasteiger partial charge in [-0.2, -0.15) is 0 Å². The van der Waals surface area contributed by atoms with Crippen LogP contribution in [-0.4, -0.2) is 34.9 Å². The zero-order valence-corrected chi connectivity index (χ0v) is 49.7. The highest BCUT2D eigenvalue weighted by molar-refractivity contribution is 5.76. The summed E-state index contributed by atoms with van der Waals surface area (Å²) in [6.45, 7) is 4.29. The predicted octanol–water partition coefficient (Wildman–Crippen LogP) is 22.5. The number of unbranched alkanes of at least 4 members (excludes halogenated alkanes) is 47. The largest absolute Gasteiger partial charge is 0.394 e. The number of carbonyl (C=O) groups excluding carboxylic acids is 1. The second-order valence-electron chi connectivity index (χ2n) is 22.9. The highest BCUT2D eigenvalue weighted by Crippen LogP contribution is 2.19. The Morgan fingerprint density at radius 1 is 0.342 bits per heavy atom. The lowest BCUT2D eigenvalue weighted by molar-refractivity contribution is -0.123. The first kappa shape index (κ1) is 71.3. The van der Waals surface area contributed by atoms with Crippen LogP contribution in [0.15, 0.2) is 48.6 Å². The van der Waals surface area contributed by atoms with E-state index in [1.807, 2.05) is 0 Å². The maximum absolute atomic E-state index is 12.5. The molecule has 2 unspecified atom stereocenters. The summed E-state index contributed by atoms with van der Waals surface area (Å²) in [5.74, 6) is -0.0232. The Hall–Kier alpha value is -1.65. The second kappa shape index (κ2) is 64.6. The lowest BCUT2D eigenvalue weighted by atomic mass is 10.0. The van der Waals surface area contributed by atoms with Gasteiger partial charge < -0.3 is 15.5 Å². The molecule has 0 rings (SSSR count). The lowest BCUT2D eigenvalue weighted by Gasteiger charge is -2.22. The van der Waals surface area contributed by atoms with Gasteiger partial charge in [0.1, 0.15) is 0 Å². The zero-order chi connectivity index (χ0) is 52.7. The molecule has 0 radical (unpaired) electrons. The van der Waals surface area contributed by atoms with Crippen molar-refractivity contribution in [3.63, 3.8) is 0 Å². The van der Waals surface area contributed by atoms with Crippen molar-refractivity contribution in [1.29, 1.82) is 0 Å². The third kappa shape index (κ3) is 61.1. The first-order valence-corrected chi connectivity index (χ1v) is 33.3. The molecule has 2 atom stereocenters. The standard InChI is InChI=1S/C69H131NO3/c1-3-5-7-9-11-13-15-17-19-21-23-25-27-29-30-31-32-33-34-35-36-37-38-39-40-41-43-45-47-49-51-53-55-57-59-61-63-65-69(73)70-67(66-71)68(72)64-62-60-58-56-54-52-50-48-46-44-42-28-26-24-22-20-18-16-14-12-10-8-6-4-2/h5,7,11,13,17,19,23,25,67-68,71-72H,3-4,6,8-10,12,14-16,18,20-22,24,26-66H2,1-2H3,(H,70,73)/b7-5-,13-11-,19-17-,25-23-. The summed E-state index contributed by atoms with van der Waals surface area (Å²) in [7, 11) is 0. The fourth-order valence-electron chi connectivity index (χ4n) is 10.6. The minimum atomic E-state index is -0.659. The summed E-state index contributed by atoms with van der Waals surface area (Å²) in [6.07, 6.45) is 90.1. The highest BCUT2D eigenvalue weighted by Gasteiger charge is 2.20. The first-order valence-electron chi connectivity index (χ1n) is 33.3. The molecule has 0 aliphatic heterocycles. The van der Waals surface area contributed by atoms with Gasteiger partial charge in [0.15, 0.2) is 0 Å². The molecule has 4 heteroatoms. The third-order valence-electron chi connectivity index (χ3n) is 15.6. The number of hydrogen-bond acceptors (Lipinski definition) is 3. The minimum absolute atomic E-state index is 0.0232. The smallest absolute Gasteiger partial charge is 0.220 e. The van der Waals surface area contributed by atoms with Crippen LogP contribution in [0.2, 0.25) is 0 Å². The molecule has 0 aromatic carbocycles. The van der Waals surface area contributed by atoms with E-state index in [1.165, 1.54) is 289 Å². The Bertz CT molecular complexity index is 1160. The summed E-state index contributed by atoms with van der Waals surface area (Å²) < 4.78 is 0. The average Bonchev–Trinajstić information content (AvgIpc) is 3.40. The topological polar surface area (TPSA) is 69.6 Å². The number of carbonyl (C=O) groups is 1. The van der Waals surface area contributed by atoms with Crippen molar-refractivity contribution >= 4 is 5.91 Å². The molecule has 4 nitrogen and oxygen atoms in total. The van der Waals surface area contributed by atoms with E-state index in [9.17, 15) is 15.0 Å². The molecular weight excluding hydrogens is 891 g/mol. The SMILES string of the molecule is CC/C=C\C/C=C\C/C=C\C/C=C\CCCCCCCCCCCCCCCCCCCCCCCCCCC(=O)NC(CO)C(O)CCCCCCCCCCCCCCCCCCCCCCCCCC. The van der Waals surface area contributed by atoms with Gasteiger partial charge in [0.2, 0.25) is 5.91 Å². The van der Waals surface area contributed by atoms with Gasteiger partial charge >= 0.3 is 0 Å². The summed E-state index contributed by atoms with van der Waals surface area (Å²) in [5.41, 5.74) is 0. The van der Waals surface area contributed by atoms with Crippen LogP contribution in [0.5, 0.6) is 0 Å². The molecule has 0 aliphatic carbocycles. The Kier molecular flexibility index (Phi) is 63.2. The molecule has 3 N–H and O–H groups in total. The van der Waals surface area contributed by atoms with E-state index >= 15 is 0 Å². The molecule has 0 spiro atoms. The Morgan fingerprint density at radius 3 is 0.904 bits per heavy atom. The van der Waals surface area contributed by atoms with Gasteiger partial charge in [0, 0.05) is 6.42 Å². The van der Waals surface area contributed by atoms with E-state index in [0.29, 0.717) is 12.8 Å². The van der Waals surface area contributed by atoms with Gasteiger partial charge in [0.05, 0.1) is 18.8 Å². The summed E-state index contributed by atoms with van der Waals surface area (Å²) in [5, 5.41) is 23.4. The molecule has 0 saturated carbocycles. The van der Waals surface area contributed by atoms with Crippen LogP contribution >= 0.6 is 0 Å². The van der Waals surface area contributed by atoms with Gasteiger partial charge in [-0.1, -0.05) is 358 Å². The maximum Gasteiger partial charge on any atom is 0.220 e. The first-order chi connectivity index (χ1) is 36.2. The Morgan fingerprint density at radius 2 is 0.603 bits per heavy atom. The number of hydrogen-bond donors (Lipinski definition) is 3. The second-order valence-corrected chi connectivity index (χ2v) is 22.9. The number of nitrogens with one attached hydrogen (secondary N) is 1. The molecule has 0 aliphatic rings. The number of amides is 1. The fourth-order valence-corrected chi connectivity index (χ4v) is 10.6. The number of allylic oxidation sites excluding steroid dienone is 8. The van der Waals surface area contributed by atoms with E-state index in [4.69, 9.17) is 0 Å². The van der Waals surface area contributed by atoms with Crippen molar-refractivity contribution in [3.05, 3.63) is 48.6 Å². The number of aliphatic hydroxyl groups excluding tert-OH is 2. The zero-order valence-electron chi connectivity index (χ0n) is 49.7. The number of rotatable bonds is 62. The van der Waals surface area contributed by atoms with E-state index in [-0.39, 0.29) is 12.5 Å². The molecule has 430 valence electrons. The van der Waals surface area contributed by atoms with Gasteiger partial charge in [-0.05, 0) is 51.4 Å². The van der Waals surface area contributed by atoms with E-state index in [0.717, 1.165) is 51.4 Å². The van der Waals surface area contributed by atoms with E-state index < -0.39 is 12.1 Å². The maximum atomic E-state index is 12.5. The van der Waals surface area contributed by atoms with Crippen molar-refractivity contribution in [2.75, 3.05) is 6.61 Å². The molecule has 0 fully saturated rings. The molecule has 0 aromatic rings. The summed E-state index contributed by atoms with van der Waals surface area (Å²) in [6, 6.07) is -0.536. The van der Waals surface area contributed by atoms with Gasteiger partial charge in [-0.25, -0.2) is 0 Å². The van der Waals surface area contributed by atoms with Crippen molar-refractivity contribution < 1.29 is 15.0 Å². The van der Waals surface area contributed by atoms with Crippen molar-refractivity contribution in [2.24, 2.45) is 0 Å². The normalized spacial score (nSPS) is 13.0. The van der Waals surface area contributed by atoms with Crippen LogP contribution in [0, 0.1) is 0 Å². The summed E-state index contributed by atoms with van der Waals surface area (Å²) in [4.78, 5) is 12.5. The van der Waals surface area contributed by atoms with Gasteiger partial charge in [-0.15, -0.1) is 0 Å². The average molecular weight is 1020 g/mol. The highest BCUT2D eigenvalue weighted by atomic mass is 16.3. The van der Waals surface area contributed by atoms with E-state index in [1.54, 1.807) is 0 Å². The van der Waals surface area contributed by atoms with Crippen LogP contribution in [0.3, 0.4) is 0 Å². The van der Waals surface area contributed by atoms with Crippen molar-refractivity contribution in [1.82, 2.24) is 5.32 Å². The molecule has 0 aromatic heterocycles. The van der Waals surface area contributed by atoms with Crippen LogP contribution in [0.1, 0.15) is 367 Å². The van der Waals surface area contributed by atoms with Crippen molar-refractivity contribution in [3.8, 4) is 0 Å².